The number of aryl methyl sites for hydroxylation is 1. The minimum atomic E-state index is -0.442. The van der Waals surface area contributed by atoms with Crippen molar-refractivity contribution in [2.45, 2.75) is 6.92 Å². The number of hydrogen-bond acceptors (Lipinski definition) is 4. The van der Waals surface area contributed by atoms with Crippen LogP contribution in [-0.4, -0.2) is 10.9 Å². The number of rotatable bonds is 4. The average molecular weight is 345 g/mol. The molecule has 0 bridgehead atoms. The fraction of sp³-hybridized carbons (Fsp3) is 0.0500. The lowest BCUT2D eigenvalue weighted by molar-refractivity contribution is -0.112. The van der Waals surface area contributed by atoms with Crippen molar-refractivity contribution in [3.8, 4) is 17.3 Å². The summed E-state index contributed by atoms with van der Waals surface area (Å²) >= 11 is 1.40. The molecule has 0 aliphatic rings. The first-order valence-electron chi connectivity index (χ1n) is 7.66. The summed E-state index contributed by atoms with van der Waals surface area (Å²) in [7, 11) is 0. The molecular weight excluding hydrogens is 330 g/mol. The highest BCUT2D eigenvalue weighted by Crippen LogP contribution is 2.23. The predicted molar refractivity (Wildman–Crippen MR) is 101 cm³/mol. The zero-order chi connectivity index (χ0) is 17.6. The maximum Gasteiger partial charge on any atom is 0.266 e. The minimum absolute atomic E-state index is 0.0227. The van der Waals surface area contributed by atoms with Gasteiger partial charge in [0, 0.05) is 16.6 Å². The van der Waals surface area contributed by atoms with Crippen LogP contribution in [0, 0.1) is 18.3 Å². The van der Waals surface area contributed by atoms with Gasteiger partial charge in [-0.25, -0.2) is 4.98 Å². The summed E-state index contributed by atoms with van der Waals surface area (Å²) in [6, 6.07) is 19.1. The Balaban J connectivity index is 1.78. The molecule has 0 spiro atoms. The standard InChI is InChI=1S/C20H15N3OS/c1-14-7-9-17(10-8-14)22-20(24)16(12-21)11-19-23-18(13-25-19)15-5-3-2-4-6-15/h2-11,13H,1H3,(H,22,24)/b16-11-. The number of anilines is 1. The van der Waals surface area contributed by atoms with Gasteiger partial charge in [0.15, 0.2) is 0 Å². The molecule has 1 amide bonds. The van der Waals surface area contributed by atoms with Gasteiger partial charge in [0.2, 0.25) is 0 Å². The van der Waals surface area contributed by atoms with Crippen LogP contribution in [-0.2, 0) is 4.79 Å². The van der Waals surface area contributed by atoms with E-state index < -0.39 is 5.91 Å². The van der Waals surface area contributed by atoms with Gasteiger partial charge in [-0.15, -0.1) is 11.3 Å². The number of nitriles is 1. The van der Waals surface area contributed by atoms with Crippen molar-refractivity contribution < 1.29 is 4.79 Å². The zero-order valence-corrected chi connectivity index (χ0v) is 14.4. The summed E-state index contributed by atoms with van der Waals surface area (Å²) in [5.74, 6) is -0.442. The van der Waals surface area contributed by atoms with Gasteiger partial charge in [-0.3, -0.25) is 4.79 Å². The third-order valence-corrected chi connectivity index (χ3v) is 4.33. The van der Waals surface area contributed by atoms with E-state index in [9.17, 15) is 10.1 Å². The zero-order valence-electron chi connectivity index (χ0n) is 13.6. The number of nitrogens with one attached hydrogen (secondary N) is 1. The van der Waals surface area contributed by atoms with Gasteiger partial charge >= 0.3 is 0 Å². The summed E-state index contributed by atoms with van der Waals surface area (Å²) in [6.07, 6.45) is 1.51. The largest absolute Gasteiger partial charge is 0.321 e. The van der Waals surface area contributed by atoms with E-state index in [0.717, 1.165) is 16.8 Å². The third-order valence-electron chi connectivity index (χ3n) is 3.53. The maximum atomic E-state index is 12.3. The molecule has 0 saturated carbocycles. The molecule has 2 aromatic carbocycles. The van der Waals surface area contributed by atoms with Crippen molar-refractivity contribution in [2.24, 2.45) is 0 Å². The highest BCUT2D eigenvalue weighted by Gasteiger charge is 2.11. The predicted octanol–water partition coefficient (Wildman–Crippen LogP) is 4.66. The average Bonchev–Trinajstić information content (AvgIpc) is 3.11. The second-order valence-electron chi connectivity index (χ2n) is 5.43. The SMILES string of the molecule is Cc1ccc(NC(=O)/C(C#N)=C\c2nc(-c3ccccc3)cs2)cc1. The van der Waals surface area contributed by atoms with Crippen LogP contribution in [0.5, 0.6) is 0 Å². The summed E-state index contributed by atoms with van der Waals surface area (Å²) in [4.78, 5) is 16.8. The van der Waals surface area contributed by atoms with Crippen LogP contribution in [0.25, 0.3) is 17.3 Å². The van der Waals surface area contributed by atoms with E-state index in [-0.39, 0.29) is 5.57 Å². The van der Waals surface area contributed by atoms with Crippen LogP contribution in [0.1, 0.15) is 10.6 Å². The van der Waals surface area contributed by atoms with Crippen molar-refractivity contribution in [3.05, 3.63) is 76.1 Å². The Labute approximate surface area is 150 Å². The minimum Gasteiger partial charge on any atom is -0.321 e. The van der Waals surface area contributed by atoms with E-state index in [1.165, 1.54) is 17.4 Å². The second-order valence-corrected chi connectivity index (χ2v) is 6.32. The van der Waals surface area contributed by atoms with Crippen molar-refractivity contribution in [1.29, 1.82) is 5.26 Å². The van der Waals surface area contributed by atoms with E-state index in [2.05, 4.69) is 10.3 Å². The Morgan fingerprint density at radius 3 is 2.56 bits per heavy atom. The van der Waals surface area contributed by atoms with Crippen molar-refractivity contribution in [1.82, 2.24) is 4.98 Å². The van der Waals surface area contributed by atoms with Gasteiger partial charge in [-0.05, 0) is 25.1 Å². The monoisotopic (exact) mass is 345 g/mol. The summed E-state index contributed by atoms with van der Waals surface area (Å²) in [6.45, 7) is 1.97. The number of nitrogens with zero attached hydrogens (tertiary/aromatic N) is 2. The molecule has 0 aliphatic heterocycles. The lowest BCUT2D eigenvalue weighted by Gasteiger charge is -2.04. The van der Waals surface area contributed by atoms with Crippen LogP contribution in [0.2, 0.25) is 0 Å². The lowest BCUT2D eigenvalue weighted by Crippen LogP contribution is -2.13. The normalized spacial score (nSPS) is 11.0. The molecule has 0 saturated heterocycles. The molecule has 3 aromatic rings. The number of amides is 1. The number of carbonyl (C=O) groups excluding carboxylic acids is 1. The van der Waals surface area contributed by atoms with Crippen molar-refractivity contribution in [3.63, 3.8) is 0 Å². The van der Waals surface area contributed by atoms with Crippen LogP contribution in [0.3, 0.4) is 0 Å². The first kappa shape index (κ1) is 16.6. The van der Waals surface area contributed by atoms with Gasteiger partial charge in [0.05, 0.1) is 5.69 Å². The molecule has 4 nitrogen and oxygen atoms in total. The van der Waals surface area contributed by atoms with Crippen molar-refractivity contribution in [2.75, 3.05) is 5.32 Å². The molecule has 0 atom stereocenters. The van der Waals surface area contributed by atoms with Crippen LogP contribution in [0.15, 0.2) is 65.6 Å². The molecule has 0 aliphatic carbocycles. The fourth-order valence-corrected chi connectivity index (χ4v) is 2.96. The summed E-state index contributed by atoms with van der Waals surface area (Å²) in [5.41, 5.74) is 3.61. The Kier molecular flexibility index (Phi) is 5.03. The summed E-state index contributed by atoms with van der Waals surface area (Å²) < 4.78 is 0. The molecular formula is C20H15N3OS. The van der Waals surface area contributed by atoms with Gasteiger partial charge in [0.1, 0.15) is 16.6 Å². The van der Waals surface area contributed by atoms with Crippen molar-refractivity contribution >= 4 is 29.0 Å². The Bertz CT molecular complexity index is 951. The second kappa shape index (κ2) is 7.56. The van der Waals surface area contributed by atoms with Gasteiger partial charge in [-0.2, -0.15) is 5.26 Å². The Hall–Kier alpha value is -3.23. The smallest absolute Gasteiger partial charge is 0.266 e. The molecule has 1 heterocycles. The van der Waals surface area contributed by atoms with Gasteiger partial charge < -0.3 is 5.32 Å². The topological polar surface area (TPSA) is 65.8 Å². The first-order chi connectivity index (χ1) is 12.2. The molecule has 1 aromatic heterocycles. The Morgan fingerprint density at radius 1 is 1.16 bits per heavy atom. The van der Waals surface area contributed by atoms with Gasteiger partial charge in [0.25, 0.3) is 5.91 Å². The number of thiazole rings is 1. The first-order valence-corrected chi connectivity index (χ1v) is 8.54. The van der Waals surface area contributed by atoms with Crippen LogP contribution in [0.4, 0.5) is 5.69 Å². The molecule has 0 radical (unpaired) electrons. The number of carbonyl (C=O) groups is 1. The lowest BCUT2D eigenvalue weighted by atomic mass is 10.2. The number of hydrogen-bond donors (Lipinski definition) is 1. The fourth-order valence-electron chi connectivity index (χ4n) is 2.20. The van der Waals surface area contributed by atoms with Gasteiger partial charge in [-0.1, -0.05) is 48.0 Å². The van der Waals surface area contributed by atoms with Crippen LogP contribution >= 0.6 is 11.3 Å². The van der Waals surface area contributed by atoms with Crippen LogP contribution < -0.4 is 5.32 Å². The molecule has 5 heteroatoms. The quantitative estimate of drug-likeness (QED) is 0.552. The van der Waals surface area contributed by atoms with E-state index in [1.807, 2.05) is 60.8 Å². The van der Waals surface area contributed by atoms with E-state index >= 15 is 0 Å². The third kappa shape index (κ3) is 4.19. The molecule has 25 heavy (non-hydrogen) atoms. The summed E-state index contributed by atoms with van der Waals surface area (Å²) in [5, 5.41) is 14.6. The molecule has 1 N–H and O–H groups in total. The molecule has 122 valence electrons. The highest BCUT2D eigenvalue weighted by molar-refractivity contribution is 7.10. The van der Waals surface area contributed by atoms with E-state index in [1.54, 1.807) is 12.1 Å². The Morgan fingerprint density at radius 2 is 1.88 bits per heavy atom. The maximum absolute atomic E-state index is 12.3. The highest BCUT2D eigenvalue weighted by atomic mass is 32.1. The molecule has 0 unspecified atom stereocenters. The molecule has 3 rings (SSSR count). The molecule has 0 fully saturated rings. The van der Waals surface area contributed by atoms with E-state index in [4.69, 9.17) is 0 Å². The number of benzene rings is 2. The van der Waals surface area contributed by atoms with E-state index in [0.29, 0.717) is 10.7 Å². The number of aromatic nitrogens is 1.